The summed E-state index contributed by atoms with van der Waals surface area (Å²) in [6, 6.07) is 17.9. The van der Waals surface area contributed by atoms with Gasteiger partial charge in [0, 0.05) is 25.0 Å². The number of rotatable bonds is 6. The summed E-state index contributed by atoms with van der Waals surface area (Å²) < 4.78 is 0. The van der Waals surface area contributed by atoms with Crippen LogP contribution in [0.5, 0.6) is 0 Å². The summed E-state index contributed by atoms with van der Waals surface area (Å²) in [6.07, 6.45) is 2.36. The smallest absolute Gasteiger partial charge is 0.230 e. The molecule has 6 heteroatoms. The monoisotopic (exact) mass is 378 g/mol. The Morgan fingerprint density at radius 2 is 1.74 bits per heavy atom. The van der Waals surface area contributed by atoms with Gasteiger partial charge in [0.05, 0.1) is 11.3 Å². The minimum absolute atomic E-state index is 0.00858. The third-order valence-electron chi connectivity index (χ3n) is 4.62. The molecule has 5 nitrogen and oxygen atoms in total. The zero-order chi connectivity index (χ0) is 18.5. The van der Waals surface area contributed by atoms with Gasteiger partial charge < -0.3 is 10.2 Å². The molecule has 3 aromatic rings. The number of nitrogens with one attached hydrogen (secondary N) is 1. The average molecular weight is 379 g/mol. The highest BCUT2D eigenvalue weighted by molar-refractivity contribution is 8.00. The van der Waals surface area contributed by atoms with E-state index < -0.39 is 0 Å². The molecule has 0 atom stereocenters. The maximum absolute atomic E-state index is 12.3. The molecule has 27 heavy (non-hydrogen) atoms. The van der Waals surface area contributed by atoms with E-state index in [2.05, 4.69) is 10.2 Å². The number of carbonyl (C=O) groups is 1. The van der Waals surface area contributed by atoms with Gasteiger partial charge in [-0.1, -0.05) is 60.3 Å². The molecule has 1 amide bonds. The molecular weight excluding hydrogens is 356 g/mol. The second kappa shape index (κ2) is 8.39. The number of aromatic nitrogens is 2. The SMILES string of the molecule is O=C(CSc1nc(N2CCCC2)nc2ccccc12)NCc1ccccc1. The Balaban J connectivity index is 1.46. The lowest BCUT2D eigenvalue weighted by Crippen LogP contribution is -2.24. The van der Waals surface area contributed by atoms with Crippen molar-refractivity contribution in [2.45, 2.75) is 24.4 Å². The maximum Gasteiger partial charge on any atom is 0.230 e. The molecule has 0 aliphatic carbocycles. The average Bonchev–Trinajstić information content (AvgIpc) is 3.26. The van der Waals surface area contributed by atoms with Crippen LogP contribution in [-0.2, 0) is 11.3 Å². The summed E-state index contributed by atoms with van der Waals surface area (Å²) in [6.45, 7) is 2.55. The van der Waals surface area contributed by atoms with Crippen molar-refractivity contribution in [3.63, 3.8) is 0 Å². The molecule has 1 N–H and O–H groups in total. The lowest BCUT2D eigenvalue weighted by molar-refractivity contribution is -0.118. The number of anilines is 1. The fraction of sp³-hybridized carbons (Fsp3) is 0.286. The van der Waals surface area contributed by atoms with E-state index in [1.165, 1.54) is 24.6 Å². The van der Waals surface area contributed by atoms with Crippen LogP contribution in [-0.4, -0.2) is 34.7 Å². The van der Waals surface area contributed by atoms with Gasteiger partial charge in [-0.25, -0.2) is 9.97 Å². The summed E-state index contributed by atoms with van der Waals surface area (Å²) in [4.78, 5) is 24.0. The number of hydrogen-bond donors (Lipinski definition) is 1. The molecule has 4 rings (SSSR count). The van der Waals surface area contributed by atoms with Crippen LogP contribution >= 0.6 is 11.8 Å². The summed E-state index contributed by atoms with van der Waals surface area (Å²) in [5.41, 5.74) is 2.03. The molecule has 0 radical (unpaired) electrons. The van der Waals surface area contributed by atoms with Gasteiger partial charge in [-0.3, -0.25) is 4.79 Å². The summed E-state index contributed by atoms with van der Waals surface area (Å²) in [7, 11) is 0. The van der Waals surface area contributed by atoms with Crippen LogP contribution in [0.15, 0.2) is 59.6 Å². The van der Waals surface area contributed by atoms with Gasteiger partial charge in [-0.15, -0.1) is 0 Å². The maximum atomic E-state index is 12.3. The van der Waals surface area contributed by atoms with Crippen LogP contribution in [0, 0.1) is 0 Å². The van der Waals surface area contributed by atoms with Crippen LogP contribution in [0.1, 0.15) is 18.4 Å². The number of hydrogen-bond acceptors (Lipinski definition) is 5. The molecule has 0 unspecified atom stereocenters. The van der Waals surface area contributed by atoms with Gasteiger partial charge in [0.2, 0.25) is 11.9 Å². The molecule has 0 spiro atoms. The third-order valence-corrected chi connectivity index (χ3v) is 5.61. The predicted molar refractivity (Wildman–Crippen MR) is 110 cm³/mol. The Hall–Kier alpha value is -2.60. The van der Waals surface area contributed by atoms with Gasteiger partial charge in [0.1, 0.15) is 5.03 Å². The first-order valence-corrected chi connectivity index (χ1v) is 10.2. The molecule has 1 aliphatic rings. The molecule has 2 heterocycles. The third kappa shape index (κ3) is 4.39. The molecule has 1 aliphatic heterocycles. The van der Waals surface area contributed by atoms with E-state index >= 15 is 0 Å². The van der Waals surface area contributed by atoms with E-state index in [-0.39, 0.29) is 5.91 Å². The number of para-hydroxylation sites is 1. The highest BCUT2D eigenvalue weighted by Gasteiger charge is 2.18. The van der Waals surface area contributed by atoms with E-state index in [4.69, 9.17) is 9.97 Å². The van der Waals surface area contributed by atoms with Gasteiger partial charge in [0.15, 0.2) is 0 Å². The molecule has 2 aromatic carbocycles. The van der Waals surface area contributed by atoms with Gasteiger partial charge in [0.25, 0.3) is 0 Å². The van der Waals surface area contributed by atoms with Crippen LogP contribution < -0.4 is 10.2 Å². The van der Waals surface area contributed by atoms with Crippen molar-refractivity contribution in [1.82, 2.24) is 15.3 Å². The predicted octanol–water partition coefficient (Wildman–Crippen LogP) is 3.64. The first-order chi connectivity index (χ1) is 13.3. The van der Waals surface area contributed by atoms with E-state index in [1.54, 1.807) is 0 Å². The summed E-state index contributed by atoms with van der Waals surface area (Å²) >= 11 is 1.48. The molecule has 138 valence electrons. The zero-order valence-electron chi connectivity index (χ0n) is 15.1. The first kappa shape index (κ1) is 17.8. The van der Waals surface area contributed by atoms with Crippen molar-refractivity contribution >= 4 is 34.5 Å². The normalized spacial score (nSPS) is 13.9. The van der Waals surface area contributed by atoms with Crippen molar-refractivity contribution in [3.05, 3.63) is 60.2 Å². The summed E-state index contributed by atoms with van der Waals surface area (Å²) in [5.74, 6) is 1.13. The lowest BCUT2D eigenvalue weighted by Gasteiger charge is -2.17. The molecule has 1 saturated heterocycles. The van der Waals surface area contributed by atoms with E-state index in [0.717, 1.165) is 40.5 Å². The Morgan fingerprint density at radius 3 is 2.56 bits per heavy atom. The zero-order valence-corrected chi connectivity index (χ0v) is 15.9. The minimum Gasteiger partial charge on any atom is -0.351 e. The van der Waals surface area contributed by atoms with Crippen molar-refractivity contribution in [2.24, 2.45) is 0 Å². The minimum atomic E-state index is 0.00858. The molecule has 0 bridgehead atoms. The first-order valence-electron chi connectivity index (χ1n) is 9.25. The van der Waals surface area contributed by atoms with Crippen LogP contribution in [0.25, 0.3) is 10.9 Å². The number of amides is 1. The van der Waals surface area contributed by atoms with E-state index in [9.17, 15) is 4.79 Å². The second-order valence-corrected chi connectivity index (χ2v) is 7.56. The number of thioether (sulfide) groups is 1. The fourth-order valence-corrected chi connectivity index (χ4v) is 4.03. The number of nitrogens with zero attached hydrogens (tertiary/aromatic N) is 3. The van der Waals surface area contributed by atoms with E-state index in [1.807, 2.05) is 54.6 Å². The Kier molecular flexibility index (Phi) is 5.53. The number of benzene rings is 2. The molecule has 0 saturated carbocycles. The standard InChI is InChI=1S/C21H22N4OS/c26-19(22-14-16-8-2-1-3-9-16)15-27-20-17-10-4-5-11-18(17)23-21(24-20)25-12-6-7-13-25/h1-5,8-11H,6-7,12-15H2,(H,22,26). The molecular formula is C21H22N4OS. The lowest BCUT2D eigenvalue weighted by atomic mass is 10.2. The molecule has 1 aromatic heterocycles. The second-order valence-electron chi connectivity index (χ2n) is 6.59. The van der Waals surface area contributed by atoms with Crippen molar-refractivity contribution in [3.8, 4) is 0 Å². The Labute approximate surface area is 163 Å². The van der Waals surface area contributed by atoms with Gasteiger partial charge in [-0.2, -0.15) is 0 Å². The highest BCUT2D eigenvalue weighted by Crippen LogP contribution is 2.28. The van der Waals surface area contributed by atoms with Gasteiger partial charge >= 0.3 is 0 Å². The largest absolute Gasteiger partial charge is 0.351 e. The van der Waals surface area contributed by atoms with Crippen molar-refractivity contribution in [2.75, 3.05) is 23.7 Å². The van der Waals surface area contributed by atoms with Crippen LogP contribution in [0.4, 0.5) is 5.95 Å². The van der Waals surface area contributed by atoms with E-state index in [0.29, 0.717) is 12.3 Å². The number of fused-ring (bicyclic) bond motifs is 1. The van der Waals surface area contributed by atoms with Crippen molar-refractivity contribution in [1.29, 1.82) is 0 Å². The highest BCUT2D eigenvalue weighted by atomic mass is 32.2. The van der Waals surface area contributed by atoms with Crippen LogP contribution in [0.2, 0.25) is 0 Å². The number of carbonyl (C=O) groups excluding carboxylic acids is 1. The fourth-order valence-electron chi connectivity index (χ4n) is 3.19. The Bertz CT molecular complexity index is 926. The quantitative estimate of drug-likeness (QED) is 0.524. The summed E-state index contributed by atoms with van der Waals surface area (Å²) in [5, 5.41) is 4.85. The van der Waals surface area contributed by atoms with Crippen LogP contribution in [0.3, 0.4) is 0 Å². The Morgan fingerprint density at radius 1 is 1.00 bits per heavy atom. The van der Waals surface area contributed by atoms with Gasteiger partial charge in [-0.05, 0) is 24.5 Å². The topological polar surface area (TPSA) is 58.1 Å². The van der Waals surface area contributed by atoms with Crippen molar-refractivity contribution < 1.29 is 4.79 Å². The molecule has 1 fully saturated rings.